The Morgan fingerprint density at radius 2 is 1.91 bits per heavy atom. The van der Waals surface area contributed by atoms with E-state index in [0.717, 1.165) is 0 Å². The third-order valence-corrected chi connectivity index (χ3v) is 3.00. The molecule has 2 aromatic carbocycles. The van der Waals surface area contributed by atoms with Gasteiger partial charge in [0.25, 0.3) is 0 Å². The molecule has 0 atom stereocenters. The molecule has 0 fully saturated rings. The Bertz CT molecular complexity index is 889. The molecule has 0 spiro atoms. The highest BCUT2D eigenvalue weighted by atomic mass is 16.6. The van der Waals surface area contributed by atoms with E-state index in [2.05, 4.69) is 20.3 Å². The van der Waals surface area contributed by atoms with Crippen molar-refractivity contribution >= 4 is 34.1 Å². The summed E-state index contributed by atoms with van der Waals surface area (Å²) in [4.78, 5) is 21.7. The number of rotatable bonds is 4. The first-order valence-corrected chi connectivity index (χ1v) is 6.05. The van der Waals surface area contributed by atoms with Crippen LogP contribution < -0.4 is 10.4 Å². The number of carboxylic acid groups (broad SMARTS) is 1. The van der Waals surface area contributed by atoms with E-state index in [9.17, 15) is 20.0 Å². The fourth-order valence-electron chi connectivity index (χ4n) is 2.04. The third-order valence-electron chi connectivity index (χ3n) is 3.00. The van der Waals surface area contributed by atoms with Crippen LogP contribution in [-0.4, -0.2) is 21.2 Å². The molecule has 0 radical (unpaired) electrons. The van der Waals surface area contributed by atoms with E-state index in [-0.39, 0.29) is 33.7 Å². The maximum Gasteiger partial charge on any atom is 0.323 e. The van der Waals surface area contributed by atoms with E-state index in [4.69, 9.17) is 0 Å². The number of hydrogen-bond acceptors (Lipinski definition) is 8. The van der Waals surface area contributed by atoms with Crippen LogP contribution in [0.2, 0.25) is 0 Å². The van der Waals surface area contributed by atoms with Gasteiger partial charge in [-0.2, -0.15) is 0 Å². The van der Waals surface area contributed by atoms with Crippen LogP contribution in [0.5, 0.6) is 0 Å². The summed E-state index contributed by atoms with van der Waals surface area (Å²) in [6, 6.07) is 8.80. The molecule has 0 saturated heterocycles. The van der Waals surface area contributed by atoms with Crippen molar-refractivity contribution in [1.29, 1.82) is 0 Å². The SMILES string of the molecule is O=C([O-])c1ccccc1Nc1ccc2nonc2c1[N+](=O)[O-]. The molecule has 0 aliphatic carbocycles. The van der Waals surface area contributed by atoms with Crippen LogP contribution in [0.4, 0.5) is 17.1 Å². The number of hydrogen-bond donors (Lipinski definition) is 1. The van der Waals surface area contributed by atoms with Gasteiger partial charge in [-0.15, -0.1) is 0 Å². The zero-order valence-corrected chi connectivity index (χ0v) is 10.8. The van der Waals surface area contributed by atoms with Gasteiger partial charge in [-0.25, -0.2) is 4.63 Å². The van der Waals surface area contributed by atoms with Crippen LogP contribution in [-0.2, 0) is 0 Å². The molecule has 9 nitrogen and oxygen atoms in total. The van der Waals surface area contributed by atoms with Crippen LogP contribution >= 0.6 is 0 Å². The lowest BCUT2D eigenvalue weighted by molar-refractivity contribution is -0.382. The highest BCUT2D eigenvalue weighted by molar-refractivity contribution is 5.96. The number of aromatic nitrogens is 2. The average Bonchev–Trinajstić information content (AvgIpc) is 2.95. The van der Waals surface area contributed by atoms with E-state index < -0.39 is 10.9 Å². The van der Waals surface area contributed by atoms with Gasteiger partial charge in [0.1, 0.15) is 11.2 Å². The van der Waals surface area contributed by atoms with E-state index >= 15 is 0 Å². The second-order valence-electron chi connectivity index (χ2n) is 4.31. The zero-order chi connectivity index (χ0) is 15.7. The molecule has 22 heavy (non-hydrogen) atoms. The van der Waals surface area contributed by atoms with Crippen molar-refractivity contribution in [1.82, 2.24) is 10.3 Å². The first-order chi connectivity index (χ1) is 10.6. The Hall–Kier alpha value is -3.49. The number of nitro groups is 1. The maximum absolute atomic E-state index is 11.3. The summed E-state index contributed by atoms with van der Waals surface area (Å²) in [6.45, 7) is 0. The Kier molecular flexibility index (Phi) is 3.14. The fraction of sp³-hybridized carbons (Fsp3) is 0. The molecule has 0 saturated carbocycles. The second-order valence-corrected chi connectivity index (χ2v) is 4.31. The van der Waals surface area contributed by atoms with Gasteiger partial charge in [-0.1, -0.05) is 18.2 Å². The van der Waals surface area contributed by atoms with Crippen molar-refractivity contribution in [2.24, 2.45) is 0 Å². The normalized spacial score (nSPS) is 10.5. The summed E-state index contributed by atoms with van der Waals surface area (Å²) in [6.07, 6.45) is 0. The molecule has 0 unspecified atom stereocenters. The van der Waals surface area contributed by atoms with Crippen molar-refractivity contribution in [2.75, 3.05) is 5.32 Å². The van der Waals surface area contributed by atoms with Crippen molar-refractivity contribution in [3.05, 3.63) is 52.1 Å². The predicted octanol–water partition coefficient (Wildman–Crippen LogP) is 1.24. The molecule has 0 bridgehead atoms. The lowest BCUT2D eigenvalue weighted by Crippen LogP contribution is -2.23. The molecular formula is C13H7N4O5-. The number of carbonyl (C=O) groups is 1. The molecule has 0 aliphatic heterocycles. The molecule has 1 aromatic heterocycles. The van der Waals surface area contributed by atoms with Crippen molar-refractivity contribution in [2.45, 2.75) is 0 Å². The minimum Gasteiger partial charge on any atom is -0.545 e. The van der Waals surface area contributed by atoms with Gasteiger partial charge >= 0.3 is 5.69 Å². The fourth-order valence-corrected chi connectivity index (χ4v) is 2.04. The molecule has 1 heterocycles. The largest absolute Gasteiger partial charge is 0.545 e. The summed E-state index contributed by atoms with van der Waals surface area (Å²) in [5, 5.41) is 32.1. The van der Waals surface area contributed by atoms with E-state index in [1.54, 1.807) is 6.07 Å². The van der Waals surface area contributed by atoms with Gasteiger partial charge in [0.15, 0.2) is 0 Å². The number of para-hydroxylation sites is 1. The van der Waals surface area contributed by atoms with Crippen molar-refractivity contribution in [3.63, 3.8) is 0 Å². The van der Waals surface area contributed by atoms with E-state index in [1.807, 2.05) is 0 Å². The molecule has 0 aliphatic rings. The van der Waals surface area contributed by atoms with Crippen molar-refractivity contribution in [3.8, 4) is 0 Å². The number of benzene rings is 2. The van der Waals surface area contributed by atoms with E-state index in [0.29, 0.717) is 0 Å². The van der Waals surface area contributed by atoms with Gasteiger partial charge in [-0.3, -0.25) is 10.1 Å². The predicted molar refractivity (Wildman–Crippen MR) is 72.5 cm³/mol. The highest BCUT2D eigenvalue weighted by Gasteiger charge is 2.23. The Morgan fingerprint density at radius 1 is 1.14 bits per heavy atom. The minimum absolute atomic E-state index is 0.0269. The summed E-state index contributed by atoms with van der Waals surface area (Å²) >= 11 is 0. The number of nitrogens with zero attached hydrogens (tertiary/aromatic N) is 3. The summed E-state index contributed by atoms with van der Waals surface area (Å²) in [5.41, 5.74) is -0.0308. The van der Waals surface area contributed by atoms with Crippen LogP contribution in [0.15, 0.2) is 41.0 Å². The highest BCUT2D eigenvalue weighted by Crippen LogP contribution is 2.34. The lowest BCUT2D eigenvalue weighted by Gasteiger charge is -2.12. The Morgan fingerprint density at radius 3 is 2.64 bits per heavy atom. The lowest BCUT2D eigenvalue weighted by atomic mass is 10.1. The number of fused-ring (bicyclic) bond motifs is 1. The standard InChI is InChI=1S/C13H8N4O5/c18-13(19)7-3-1-2-4-8(7)14-10-6-5-9-11(16-22-15-9)12(10)17(20)21/h1-6,14H,(H,18,19)/p-1. The molecule has 110 valence electrons. The average molecular weight is 299 g/mol. The number of aromatic carboxylic acids is 1. The molecule has 3 rings (SSSR count). The Balaban J connectivity index is 2.14. The number of carboxylic acids is 1. The molecule has 9 heteroatoms. The second kappa shape index (κ2) is 5.13. The summed E-state index contributed by atoms with van der Waals surface area (Å²) < 4.78 is 4.49. The van der Waals surface area contributed by atoms with Crippen LogP contribution in [0.25, 0.3) is 11.0 Å². The van der Waals surface area contributed by atoms with Gasteiger partial charge < -0.3 is 15.2 Å². The summed E-state index contributed by atoms with van der Waals surface area (Å²) in [7, 11) is 0. The Labute approximate surface area is 122 Å². The van der Waals surface area contributed by atoms with Crippen LogP contribution in [0.3, 0.4) is 0 Å². The van der Waals surface area contributed by atoms with Gasteiger partial charge in [-0.05, 0) is 28.5 Å². The number of nitrogens with one attached hydrogen (secondary N) is 1. The topological polar surface area (TPSA) is 134 Å². The molecule has 0 amide bonds. The van der Waals surface area contributed by atoms with Gasteiger partial charge in [0, 0.05) is 11.3 Å². The first-order valence-electron chi connectivity index (χ1n) is 6.05. The monoisotopic (exact) mass is 299 g/mol. The van der Waals surface area contributed by atoms with Crippen molar-refractivity contribution < 1.29 is 19.5 Å². The number of nitro benzene ring substituents is 1. The third kappa shape index (κ3) is 2.20. The number of anilines is 2. The quantitative estimate of drug-likeness (QED) is 0.561. The van der Waals surface area contributed by atoms with Crippen LogP contribution in [0.1, 0.15) is 10.4 Å². The molecule has 3 aromatic rings. The maximum atomic E-state index is 11.3. The smallest absolute Gasteiger partial charge is 0.323 e. The summed E-state index contributed by atoms with van der Waals surface area (Å²) in [5.74, 6) is -1.39. The first kappa shape index (κ1) is 13.5. The molecule has 1 N–H and O–H groups in total. The van der Waals surface area contributed by atoms with E-state index in [1.165, 1.54) is 30.3 Å². The minimum atomic E-state index is -1.39. The zero-order valence-electron chi connectivity index (χ0n) is 10.8. The molecular weight excluding hydrogens is 292 g/mol. The van der Waals surface area contributed by atoms with Gasteiger partial charge in [0.2, 0.25) is 5.52 Å². The van der Waals surface area contributed by atoms with Crippen LogP contribution in [0, 0.1) is 10.1 Å². The van der Waals surface area contributed by atoms with Gasteiger partial charge in [0.05, 0.1) is 10.9 Å². The number of carbonyl (C=O) groups excluding carboxylic acids is 1.